The molecule has 0 saturated heterocycles. The van der Waals surface area contributed by atoms with E-state index in [-0.39, 0.29) is 7.33 Å². The van der Waals surface area contributed by atoms with Crippen LogP contribution in [-0.4, -0.2) is 24.2 Å². The fourth-order valence-electron chi connectivity index (χ4n) is 2.52. The molecule has 0 aliphatic carbocycles. The van der Waals surface area contributed by atoms with Crippen LogP contribution in [0.15, 0.2) is 41.3 Å². The highest BCUT2D eigenvalue weighted by molar-refractivity contribution is 8.00. The Labute approximate surface area is 141 Å². The Morgan fingerprint density at radius 2 is 2.18 bits per heavy atom. The van der Waals surface area contributed by atoms with E-state index in [0.717, 1.165) is 29.4 Å². The van der Waals surface area contributed by atoms with Gasteiger partial charge in [0.25, 0.3) is 5.91 Å². The number of nitrogens with zero attached hydrogens (tertiary/aromatic N) is 1. The number of para-hydroxylation sites is 1. The van der Waals surface area contributed by atoms with E-state index >= 15 is 0 Å². The molecule has 22 heavy (non-hydrogen) atoms. The second kappa shape index (κ2) is 6.75. The molecule has 2 aromatic rings. The molecule has 1 aromatic heterocycles. The van der Waals surface area contributed by atoms with Gasteiger partial charge in [-0.3, -0.25) is 4.79 Å². The molecule has 0 spiro atoms. The molecule has 1 amide bonds. The highest BCUT2D eigenvalue weighted by Gasteiger charge is 2.24. The maximum absolute atomic E-state index is 12.1. The topological polar surface area (TPSA) is 32.3 Å². The van der Waals surface area contributed by atoms with Crippen LogP contribution < -0.4 is 10.2 Å². The Morgan fingerprint density at radius 3 is 3.00 bits per heavy atom. The van der Waals surface area contributed by atoms with Crippen LogP contribution in [0.4, 0.5) is 10.7 Å². The normalized spacial score (nSPS) is 17.2. The molecule has 0 saturated carbocycles. The third kappa shape index (κ3) is 3.15. The summed E-state index contributed by atoms with van der Waals surface area (Å²) < 4.78 is 0. The number of rotatable bonds is 4. The van der Waals surface area contributed by atoms with Crippen molar-refractivity contribution in [2.45, 2.75) is 30.4 Å². The van der Waals surface area contributed by atoms with Crippen LogP contribution in [0.2, 0.25) is 0 Å². The Bertz CT molecular complexity index is 674. The molecular weight excluding hydrogens is 312 g/mol. The third-order valence-corrected chi connectivity index (χ3v) is 5.80. The molecule has 2 heterocycles. The van der Waals surface area contributed by atoms with Crippen molar-refractivity contribution in [3.63, 3.8) is 0 Å². The summed E-state index contributed by atoms with van der Waals surface area (Å²) in [6, 6.07) is 12.5. The zero-order valence-corrected chi connectivity index (χ0v) is 14.5. The van der Waals surface area contributed by atoms with Gasteiger partial charge in [-0.05, 0) is 30.7 Å². The summed E-state index contributed by atoms with van der Waals surface area (Å²) >= 11 is 3.49. The monoisotopic (exact) mass is 334 g/mol. The number of carbonyl (C=O) groups is 1. The predicted molar refractivity (Wildman–Crippen MR) is 97.8 cm³/mol. The smallest absolute Gasteiger partial charge is 0.261 e. The molecule has 1 aliphatic rings. The van der Waals surface area contributed by atoms with Crippen molar-refractivity contribution in [1.82, 2.24) is 5.32 Å². The van der Waals surface area contributed by atoms with Gasteiger partial charge in [-0.2, -0.15) is 0 Å². The highest BCUT2D eigenvalue weighted by atomic mass is 32.2. The van der Waals surface area contributed by atoms with Gasteiger partial charge in [-0.15, -0.1) is 23.1 Å². The van der Waals surface area contributed by atoms with E-state index in [1.807, 2.05) is 17.8 Å². The van der Waals surface area contributed by atoms with Crippen molar-refractivity contribution in [1.29, 1.82) is 0 Å². The average molecular weight is 335 g/mol. The number of thiophene rings is 1. The number of anilines is 2. The van der Waals surface area contributed by atoms with Crippen molar-refractivity contribution in [3.8, 4) is 0 Å². The lowest BCUT2D eigenvalue weighted by molar-refractivity contribution is 0.0957. The quantitative estimate of drug-likeness (QED) is 0.874. The zero-order chi connectivity index (χ0) is 15.5. The van der Waals surface area contributed by atoms with Crippen molar-refractivity contribution >= 4 is 39.7 Å². The van der Waals surface area contributed by atoms with Crippen molar-refractivity contribution < 1.29 is 6.22 Å². The lowest BCUT2D eigenvalue weighted by Gasteiger charge is -2.33. The molecule has 1 aromatic carbocycles. The summed E-state index contributed by atoms with van der Waals surface area (Å²) in [4.78, 5) is 16.5. The van der Waals surface area contributed by atoms with Crippen LogP contribution in [0.25, 0.3) is 0 Å². The summed E-state index contributed by atoms with van der Waals surface area (Å²) in [5.41, 5.74) is 1.24. The van der Waals surface area contributed by atoms with Gasteiger partial charge >= 0.3 is 0 Å². The first kappa shape index (κ1) is 15.4. The van der Waals surface area contributed by atoms with Crippen LogP contribution in [0.3, 0.4) is 0 Å². The van der Waals surface area contributed by atoms with Gasteiger partial charge in [0.2, 0.25) is 0 Å². The Morgan fingerprint density at radius 1 is 1.36 bits per heavy atom. The predicted octanol–water partition coefficient (Wildman–Crippen LogP) is 4.77. The van der Waals surface area contributed by atoms with Gasteiger partial charge in [-0.25, -0.2) is 0 Å². The molecule has 0 bridgehead atoms. The lowest BCUT2D eigenvalue weighted by atomic mass is 10.2. The number of thioether (sulfide) groups is 1. The van der Waals surface area contributed by atoms with E-state index in [2.05, 4.69) is 54.4 Å². The molecule has 1 aliphatic heterocycles. The van der Waals surface area contributed by atoms with Gasteiger partial charge in [0.15, 0.2) is 0 Å². The molecule has 5 heteroatoms. The maximum Gasteiger partial charge on any atom is 0.261 e. The zero-order valence-electron chi connectivity index (χ0n) is 12.8. The molecule has 118 valence electrons. The van der Waals surface area contributed by atoms with Gasteiger partial charge in [0.05, 0.1) is 15.6 Å². The van der Waals surface area contributed by atoms with E-state index in [9.17, 15) is 4.79 Å². The maximum atomic E-state index is 12.1. The number of benzene rings is 1. The standard InChI is InChI=1S/C17H20N2OS2.H2/c1-3-10-18-17(20)15-8-9-16(22-15)19-11-12(2)21-14-7-5-4-6-13(14)19;/h4-9,12H,3,10-11H2,1-2H3,(H,18,20);1H. The first-order chi connectivity index (χ1) is 10.7. The number of carbonyl (C=O) groups excluding carboxylic acids is 1. The summed E-state index contributed by atoms with van der Waals surface area (Å²) in [7, 11) is 0. The fraction of sp³-hybridized carbons (Fsp3) is 0.353. The fourth-order valence-corrected chi connectivity index (χ4v) is 4.58. The number of amides is 1. The minimum atomic E-state index is 0. The van der Waals surface area contributed by atoms with Crippen LogP contribution in [-0.2, 0) is 0 Å². The Hall–Kier alpha value is -1.46. The largest absolute Gasteiger partial charge is 0.351 e. The number of nitrogens with one attached hydrogen (secondary N) is 1. The number of hydrogen-bond donors (Lipinski definition) is 1. The van der Waals surface area contributed by atoms with Gasteiger partial charge in [0, 0.05) is 24.7 Å². The molecule has 1 unspecified atom stereocenters. The van der Waals surface area contributed by atoms with Crippen LogP contribution in [0.5, 0.6) is 0 Å². The summed E-state index contributed by atoms with van der Waals surface area (Å²) in [6.45, 7) is 6.00. The van der Waals surface area contributed by atoms with Gasteiger partial charge in [0.1, 0.15) is 0 Å². The molecule has 0 fully saturated rings. The van der Waals surface area contributed by atoms with Crippen molar-refractivity contribution in [2.24, 2.45) is 0 Å². The first-order valence-corrected chi connectivity index (χ1v) is 9.30. The second-order valence-corrected chi connectivity index (χ2v) is 7.94. The number of fused-ring (bicyclic) bond motifs is 1. The minimum Gasteiger partial charge on any atom is -0.351 e. The SMILES string of the molecule is CCCNC(=O)c1ccc(N2CC(C)Sc3ccccc32)s1.[HH]. The van der Waals surface area contributed by atoms with Crippen LogP contribution in [0, 0.1) is 0 Å². The molecule has 0 radical (unpaired) electrons. The highest BCUT2D eigenvalue weighted by Crippen LogP contribution is 2.43. The van der Waals surface area contributed by atoms with Crippen LogP contribution >= 0.6 is 23.1 Å². The lowest BCUT2D eigenvalue weighted by Crippen LogP contribution is -2.28. The molecule has 3 nitrogen and oxygen atoms in total. The second-order valence-electron chi connectivity index (χ2n) is 5.40. The van der Waals surface area contributed by atoms with E-state index in [4.69, 9.17) is 0 Å². The van der Waals surface area contributed by atoms with Gasteiger partial charge < -0.3 is 10.2 Å². The molecule has 1 atom stereocenters. The molecular formula is C17H22N2OS2. The Kier molecular flexibility index (Phi) is 4.74. The van der Waals surface area contributed by atoms with E-state index in [1.165, 1.54) is 10.6 Å². The summed E-state index contributed by atoms with van der Waals surface area (Å²) in [5.74, 6) is 0.0332. The molecule has 3 rings (SSSR count). The van der Waals surface area contributed by atoms with Crippen molar-refractivity contribution in [3.05, 3.63) is 41.3 Å². The Balaban J connectivity index is 0.00000192. The number of hydrogen-bond acceptors (Lipinski definition) is 4. The first-order valence-electron chi connectivity index (χ1n) is 7.60. The van der Waals surface area contributed by atoms with E-state index < -0.39 is 0 Å². The van der Waals surface area contributed by atoms with Crippen LogP contribution in [0.1, 0.15) is 31.4 Å². The van der Waals surface area contributed by atoms with Crippen molar-refractivity contribution in [2.75, 3.05) is 18.0 Å². The van der Waals surface area contributed by atoms with E-state index in [1.54, 1.807) is 11.3 Å². The average Bonchev–Trinajstić information content (AvgIpc) is 3.01. The van der Waals surface area contributed by atoms with Gasteiger partial charge in [-0.1, -0.05) is 26.0 Å². The van der Waals surface area contributed by atoms with E-state index in [0.29, 0.717) is 5.25 Å². The molecule has 1 N–H and O–H groups in total. The third-order valence-electron chi connectivity index (χ3n) is 3.54. The minimum absolute atomic E-state index is 0. The summed E-state index contributed by atoms with van der Waals surface area (Å²) in [6.07, 6.45) is 0.957. The summed E-state index contributed by atoms with van der Waals surface area (Å²) in [5, 5.41) is 4.62.